The second-order valence-corrected chi connectivity index (χ2v) is 19.6. The van der Waals surface area contributed by atoms with Gasteiger partial charge in [-0.25, -0.2) is 4.90 Å². The molecule has 0 aromatic heterocycles. The van der Waals surface area contributed by atoms with Gasteiger partial charge in [-0.05, 0) is 142 Å². The van der Waals surface area contributed by atoms with Crippen molar-refractivity contribution < 1.29 is 28.7 Å². The predicted octanol–water partition coefficient (Wildman–Crippen LogP) is 13.0. The zero-order valence-electron chi connectivity index (χ0n) is 38.8. The molecular formula is C61H46N2O6. The van der Waals surface area contributed by atoms with Crippen molar-refractivity contribution in [3.05, 3.63) is 243 Å². The van der Waals surface area contributed by atoms with Crippen LogP contribution in [0, 0.1) is 6.92 Å². The van der Waals surface area contributed by atoms with Crippen LogP contribution >= 0.6 is 0 Å². The minimum atomic E-state index is -0.702. The molecular weight excluding hydrogens is 857 g/mol. The third kappa shape index (κ3) is 6.21. The summed E-state index contributed by atoms with van der Waals surface area (Å²) in [6, 6.07) is 57.7. The Morgan fingerprint density at radius 2 is 0.884 bits per heavy atom. The molecule has 8 aromatic rings. The van der Waals surface area contributed by atoms with Gasteiger partial charge < -0.3 is 9.47 Å². The van der Waals surface area contributed by atoms with Gasteiger partial charge in [-0.2, -0.15) is 0 Å². The van der Waals surface area contributed by atoms with Gasteiger partial charge in [0, 0.05) is 12.5 Å². The van der Waals surface area contributed by atoms with Crippen LogP contribution in [0.5, 0.6) is 23.0 Å². The number of rotatable bonds is 8. The molecule has 0 spiro atoms. The third-order valence-corrected chi connectivity index (χ3v) is 15.0. The van der Waals surface area contributed by atoms with Gasteiger partial charge in [-0.1, -0.05) is 129 Å². The van der Waals surface area contributed by atoms with Gasteiger partial charge in [0.1, 0.15) is 23.0 Å². The van der Waals surface area contributed by atoms with Gasteiger partial charge in [0.2, 0.25) is 0 Å². The lowest BCUT2D eigenvalue weighted by atomic mass is 9.68. The quantitative estimate of drug-likeness (QED) is 0.141. The second kappa shape index (κ2) is 15.1. The molecule has 8 aromatic carbocycles. The Morgan fingerprint density at radius 1 is 0.420 bits per heavy atom. The van der Waals surface area contributed by atoms with Gasteiger partial charge in [-0.3, -0.25) is 24.1 Å². The van der Waals surface area contributed by atoms with Gasteiger partial charge in [-0.15, -0.1) is 0 Å². The molecule has 336 valence electrons. The summed E-state index contributed by atoms with van der Waals surface area (Å²) in [4.78, 5) is 55.5. The Hall–Kier alpha value is -8.36. The number of ether oxygens (including phenoxy) is 2. The molecule has 1 atom stereocenters. The summed E-state index contributed by atoms with van der Waals surface area (Å²) >= 11 is 0. The standard InChI is InChI=1S/C61H46N2O6/c1-36-14-31-53-54(32-36)60(4,35-59(53,2)3)37-15-21-40(22-16-37)63-57(66)48-30-28-44(34-50(48)58(63)67)69-42-25-19-39(20-26-42)61(51-12-8-6-10-45(51)46-11-7-9-13-52(46)61)38-17-23-41(24-18-38)68-43-27-29-47-49(33-43)56(65)62(5)55(47)64/h6-34H,35H2,1-5H3. The summed E-state index contributed by atoms with van der Waals surface area (Å²) < 4.78 is 12.7. The van der Waals surface area contributed by atoms with Crippen molar-refractivity contribution in [2.75, 3.05) is 11.9 Å². The SMILES string of the molecule is Cc1ccc2c(c1)C(C)(c1ccc(N3C(=O)c4ccc(Oc5ccc(C6(c7ccc(Oc8ccc9c(c8)C(=O)N(C)C9=O)cc7)c7ccccc7-c7ccccc76)cc5)cc4C3=O)cc1)CC2(C)C. The van der Waals surface area contributed by atoms with E-state index in [1.54, 1.807) is 36.4 Å². The van der Waals surface area contributed by atoms with E-state index < -0.39 is 5.41 Å². The van der Waals surface area contributed by atoms with Crippen LogP contribution in [0.2, 0.25) is 0 Å². The van der Waals surface area contributed by atoms with E-state index in [2.05, 4.69) is 131 Å². The first-order valence-electron chi connectivity index (χ1n) is 23.2. The van der Waals surface area contributed by atoms with Gasteiger partial charge in [0.15, 0.2) is 0 Å². The number of nitrogens with zero attached hydrogens (tertiary/aromatic N) is 2. The van der Waals surface area contributed by atoms with Crippen LogP contribution in [0.25, 0.3) is 11.1 Å². The first kappa shape index (κ1) is 42.0. The number of carbonyl (C=O) groups excluding carboxylic acids is 4. The molecule has 8 heteroatoms. The fraction of sp³-hybridized carbons (Fsp3) is 0.148. The molecule has 1 unspecified atom stereocenters. The summed E-state index contributed by atoms with van der Waals surface area (Å²) in [5.41, 5.74) is 12.6. The normalized spacial score (nSPS) is 17.9. The van der Waals surface area contributed by atoms with Crippen molar-refractivity contribution in [1.29, 1.82) is 0 Å². The Balaban J connectivity index is 0.823. The monoisotopic (exact) mass is 902 g/mol. The van der Waals surface area contributed by atoms with E-state index in [0.717, 1.165) is 50.3 Å². The highest BCUT2D eigenvalue weighted by Crippen LogP contribution is 2.57. The van der Waals surface area contributed by atoms with Crippen molar-refractivity contribution in [3.63, 3.8) is 0 Å². The molecule has 2 heterocycles. The average Bonchev–Trinajstić information content (AvgIpc) is 3.95. The lowest BCUT2D eigenvalue weighted by molar-refractivity contribution is 0.0692. The fourth-order valence-corrected chi connectivity index (χ4v) is 11.8. The van der Waals surface area contributed by atoms with E-state index in [9.17, 15) is 19.2 Å². The lowest BCUT2D eigenvalue weighted by Crippen LogP contribution is -2.29. The molecule has 12 rings (SSSR count). The molecule has 0 saturated heterocycles. The van der Waals surface area contributed by atoms with Crippen LogP contribution in [-0.4, -0.2) is 35.6 Å². The topological polar surface area (TPSA) is 93.2 Å². The Labute approximate surface area is 400 Å². The number of fused-ring (bicyclic) bond motifs is 6. The van der Waals surface area contributed by atoms with E-state index in [0.29, 0.717) is 50.9 Å². The number of imide groups is 2. The van der Waals surface area contributed by atoms with E-state index >= 15 is 0 Å². The molecule has 0 saturated carbocycles. The van der Waals surface area contributed by atoms with Crippen LogP contribution in [0.1, 0.15) is 113 Å². The van der Waals surface area contributed by atoms with Crippen molar-refractivity contribution in [2.45, 2.75) is 50.4 Å². The number of anilines is 1. The Kier molecular flexibility index (Phi) is 9.18. The van der Waals surface area contributed by atoms with E-state index in [4.69, 9.17) is 9.47 Å². The predicted molar refractivity (Wildman–Crippen MR) is 266 cm³/mol. The first-order valence-corrected chi connectivity index (χ1v) is 23.2. The highest BCUT2D eigenvalue weighted by Gasteiger charge is 2.47. The number of aryl methyl sites for hydroxylation is 1. The van der Waals surface area contributed by atoms with Gasteiger partial charge in [0.25, 0.3) is 23.6 Å². The summed E-state index contributed by atoms with van der Waals surface area (Å²) in [6.45, 7) is 9.01. The Bertz CT molecular complexity index is 3470. The second-order valence-electron chi connectivity index (χ2n) is 19.6. The summed E-state index contributed by atoms with van der Waals surface area (Å²) in [6.07, 6.45) is 0.956. The molecule has 0 bridgehead atoms. The molecule has 69 heavy (non-hydrogen) atoms. The van der Waals surface area contributed by atoms with Crippen molar-refractivity contribution in [2.24, 2.45) is 0 Å². The van der Waals surface area contributed by atoms with Crippen molar-refractivity contribution in [1.82, 2.24) is 4.90 Å². The number of hydrogen-bond acceptors (Lipinski definition) is 6. The van der Waals surface area contributed by atoms with Gasteiger partial charge in [0.05, 0.1) is 33.4 Å². The molecule has 0 fully saturated rings. The molecule has 2 aliphatic heterocycles. The van der Waals surface area contributed by atoms with Crippen LogP contribution in [0.4, 0.5) is 5.69 Å². The lowest BCUT2D eigenvalue weighted by Gasteiger charge is -2.34. The Morgan fingerprint density at radius 3 is 1.45 bits per heavy atom. The maximum Gasteiger partial charge on any atom is 0.266 e. The maximum absolute atomic E-state index is 14.1. The van der Waals surface area contributed by atoms with Crippen molar-refractivity contribution in [3.8, 4) is 34.1 Å². The molecule has 4 aliphatic rings. The van der Waals surface area contributed by atoms with Crippen LogP contribution in [-0.2, 0) is 16.2 Å². The molecule has 0 N–H and O–H groups in total. The van der Waals surface area contributed by atoms with E-state index in [-0.39, 0.29) is 34.5 Å². The molecule has 4 amide bonds. The fourth-order valence-electron chi connectivity index (χ4n) is 11.8. The van der Waals surface area contributed by atoms with Crippen LogP contribution in [0.15, 0.2) is 176 Å². The van der Waals surface area contributed by atoms with Crippen LogP contribution in [0.3, 0.4) is 0 Å². The zero-order chi connectivity index (χ0) is 47.6. The van der Waals surface area contributed by atoms with E-state index in [1.165, 1.54) is 28.6 Å². The molecule has 2 aliphatic carbocycles. The van der Waals surface area contributed by atoms with Crippen molar-refractivity contribution >= 4 is 29.3 Å². The largest absolute Gasteiger partial charge is 0.457 e. The average molecular weight is 903 g/mol. The summed E-state index contributed by atoms with van der Waals surface area (Å²) in [5.74, 6) is 0.632. The minimum Gasteiger partial charge on any atom is -0.457 e. The van der Waals surface area contributed by atoms with Crippen LogP contribution < -0.4 is 14.4 Å². The minimum absolute atomic E-state index is 0.0151. The highest BCUT2D eigenvalue weighted by molar-refractivity contribution is 6.34. The number of benzene rings is 8. The zero-order valence-corrected chi connectivity index (χ0v) is 38.8. The summed E-state index contributed by atoms with van der Waals surface area (Å²) in [5, 5.41) is 0. The first-order chi connectivity index (χ1) is 33.3. The number of amides is 4. The number of hydrogen-bond donors (Lipinski definition) is 0. The smallest absolute Gasteiger partial charge is 0.266 e. The maximum atomic E-state index is 14.1. The summed E-state index contributed by atoms with van der Waals surface area (Å²) in [7, 11) is 1.48. The number of carbonyl (C=O) groups is 4. The molecule has 8 nitrogen and oxygen atoms in total. The van der Waals surface area contributed by atoms with Gasteiger partial charge >= 0.3 is 0 Å². The highest BCUT2D eigenvalue weighted by atomic mass is 16.5. The third-order valence-electron chi connectivity index (χ3n) is 15.0. The van der Waals surface area contributed by atoms with E-state index in [1.807, 2.05) is 36.4 Å². The molecule has 0 radical (unpaired) electrons.